The van der Waals surface area contributed by atoms with Gasteiger partial charge in [-0.05, 0) is 37.1 Å². The molecule has 0 N–H and O–H groups in total. The molecule has 0 atom stereocenters. The predicted octanol–water partition coefficient (Wildman–Crippen LogP) is 3.42. The number of rotatable bonds is 3. The summed E-state index contributed by atoms with van der Waals surface area (Å²) in [6.45, 7) is 2.53. The topological polar surface area (TPSA) is 38.7 Å². The highest BCUT2D eigenvalue weighted by molar-refractivity contribution is 8.45. The Morgan fingerprint density at radius 1 is 1.44 bits per heavy atom. The van der Waals surface area contributed by atoms with E-state index in [-0.39, 0.29) is 5.12 Å². The van der Waals surface area contributed by atoms with Crippen LogP contribution < -0.4 is 4.74 Å². The van der Waals surface area contributed by atoms with Crippen molar-refractivity contribution in [3.63, 3.8) is 0 Å². The van der Waals surface area contributed by atoms with Crippen LogP contribution in [-0.2, 0) is 4.79 Å². The molecule has 0 aromatic heterocycles. The van der Waals surface area contributed by atoms with Crippen molar-refractivity contribution in [2.75, 3.05) is 12.9 Å². The zero-order valence-corrected chi connectivity index (χ0v) is 11.8. The molecule has 1 aliphatic rings. The Bertz CT molecular complexity index is 523. The minimum absolute atomic E-state index is 0.00866. The van der Waals surface area contributed by atoms with E-state index in [2.05, 4.69) is 4.99 Å². The normalized spacial score (nSPS) is 17.1. The molecule has 0 aliphatic carbocycles. The molecule has 18 heavy (non-hydrogen) atoms. The summed E-state index contributed by atoms with van der Waals surface area (Å²) in [7, 11) is 0. The van der Waals surface area contributed by atoms with Crippen molar-refractivity contribution in [2.45, 2.75) is 6.92 Å². The minimum Gasteiger partial charge on any atom is -0.493 e. The number of hydrogen-bond acceptors (Lipinski definition) is 5. The Morgan fingerprint density at radius 3 is 2.89 bits per heavy atom. The lowest BCUT2D eigenvalue weighted by Crippen LogP contribution is -1.94. The van der Waals surface area contributed by atoms with Crippen LogP contribution in [0.1, 0.15) is 12.5 Å². The first-order chi connectivity index (χ1) is 8.74. The monoisotopic (exact) mass is 279 g/mol. The van der Waals surface area contributed by atoms with Crippen molar-refractivity contribution in [1.29, 1.82) is 0 Å². The van der Waals surface area contributed by atoms with Gasteiger partial charge in [0.05, 0.1) is 6.61 Å². The molecule has 0 saturated carbocycles. The van der Waals surface area contributed by atoms with Crippen molar-refractivity contribution in [1.82, 2.24) is 0 Å². The first-order valence-corrected chi connectivity index (χ1v) is 7.57. The number of benzene rings is 1. The lowest BCUT2D eigenvalue weighted by atomic mass is 10.1. The number of thioether (sulfide) groups is 2. The van der Waals surface area contributed by atoms with Crippen LogP contribution in [0.2, 0.25) is 0 Å². The zero-order valence-electron chi connectivity index (χ0n) is 10.2. The van der Waals surface area contributed by atoms with Gasteiger partial charge in [-0.15, -0.1) is 11.8 Å². The number of aliphatic imine (C=N–C) groups is 1. The lowest BCUT2D eigenvalue weighted by Gasteiger charge is -2.06. The smallest absolute Gasteiger partial charge is 0.244 e. The van der Waals surface area contributed by atoms with Gasteiger partial charge in [0, 0.05) is 5.56 Å². The predicted molar refractivity (Wildman–Crippen MR) is 79.1 cm³/mol. The van der Waals surface area contributed by atoms with Crippen LogP contribution in [0.5, 0.6) is 5.75 Å². The van der Waals surface area contributed by atoms with Gasteiger partial charge in [0.15, 0.2) is 0 Å². The van der Waals surface area contributed by atoms with Crippen LogP contribution >= 0.6 is 23.5 Å². The number of hydrogen-bond donors (Lipinski definition) is 0. The van der Waals surface area contributed by atoms with Gasteiger partial charge in [-0.25, -0.2) is 4.99 Å². The summed E-state index contributed by atoms with van der Waals surface area (Å²) < 4.78 is 6.31. The third-order valence-corrected chi connectivity index (χ3v) is 4.14. The van der Waals surface area contributed by atoms with E-state index in [4.69, 9.17) is 4.74 Å². The highest BCUT2D eigenvalue weighted by atomic mass is 32.2. The Balaban J connectivity index is 2.33. The fourth-order valence-corrected chi connectivity index (χ4v) is 2.77. The molecule has 0 amide bonds. The molecule has 5 heteroatoms. The van der Waals surface area contributed by atoms with E-state index in [0.717, 1.165) is 15.7 Å². The minimum atomic E-state index is -0.00866. The van der Waals surface area contributed by atoms with Crippen LogP contribution in [-0.4, -0.2) is 22.4 Å². The van der Waals surface area contributed by atoms with E-state index in [0.29, 0.717) is 12.3 Å². The lowest BCUT2D eigenvalue weighted by molar-refractivity contribution is -0.107. The third-order valence-electron chi connectivity index (χ3n) is 2.29. The van der Waals surface area contributed by atoms with Crippen molar-refractivity contribution >= 4 is 39.1 Å². The van der Waals surface area contributed by atoms with Crippen LogP contribution in [0.4, 0.5) is 0 Å². The van der Waals surface area contributed by atoms with Gasteiger partial charge < -0.3 is 4.74 Å². The molecule has 1 heterocycles. The first kappa shape index (κ1) is 13.2. The van der Waals surface area contributed by atoms with Crippen LogP contribution in [0, 0.1) is 0 Å². The SMILES string of the molecule is CCOc1ccccc1C=C1N=C(SC)SC1=O. The summed E-state index contributed by atoms with van der Waals surface area (Å²) in [6, 6.07) is 7.64. The van der Waals surface area contributed by atoms with Crippen LogP contribution in [0.25, 0.3) is 6.08 Å². The molecule has 0 bridgehead atoms. The van der Waals surface area contributed by atoms with Crippen LogP contribution in [0.3, 0.4) is 0 Å². The Kier molecular flexibility index (Phi) is 4.49. The Morgan fingerprint density at radius 2 is 2.22 bits per heavy atom. The molecule has 1 aliphatic heterocycles. The van der Waals surface area contributed by atoms with E-state index >= 15 is 0 Å². The van der Waals surface area contributed by atoms with E-state index in [9.17, 15) is 4.79 Å². The van der Waals surface area contributed by atoms with Crippen LogP contribution in [0.15, 0.2) is 35.0 Å². The average molecular weight is 279 g/mol. The van der Waals surface area contributed by atoms with E-state index in [1.807, 2.05) is 37.4 Å². The fraction of sp³-hybridized carbons (Fsp3) is 0.231. The number of carbonyl (C=O) groups is 1. The fourth-order valence-electron chi connectivity index (χ4n) is 1.51. The average Bonchev–Trinajstić information content (AvgIpc) is 2.73. The summed E-state index contributed by atoms with van der Waals surface area (Å²) in [5, 5.41) is -0.00866. The molecule has 3 nitrogen and oxygen atoms in total. The third kappa shape index (κ3) is 2.97. The van der Waals surface area contributed by atoms with Gasteiger partial charge in [0.2, 0.25) is 5.12 Å². The van der Waals surface area contributed by atoms with Gasteiger partial charge in [0.25, 0.3) is 0 Å². The maximum atomic E-state index is 11.7. The molecule has 0 saturated heterocycles. The summed E-state index contributed by atoms with van der Waals surface area (Å²) in [5.41, 5.74) is 1.37. The van der Waals surface area contributed by atoms with Gasteiger partial charge in [0.1, 0.15) is 15.8 Å². The molecular weight excluding hydrogens is 266 g/mol. The summed E-state index contributed by atoms with van der Waals surface area (Å²) in [6.07, 6.45) is 3.69. The molecule has 94 valence electrons. The van der Waals surface area contributed by atoms with E-state index in [1.165, 1.54) is 23.5 Å². The summed E-state index contributed by atoms with van der Waals surface area (Å²) in [5.74, 6) is 0.776. The maximum Gasteiger partial charge on any atom is 0.244 e. The summed E-state index contributed by atoms with van der Waals surface area (Å²) >= 11 is 2.66. The number of carbonyl (C=O) groups excluding carboxylic acids is 1. The highest BCUT2D eigenvalue weighted by Crippen LogP contribution is 2.31. The van der Waals surface area contributed by atoms with E-state index < -0.39 is 0 Å². The number of ether oxygens (including phenoxy) is 1. The van der Waals surface area contributed by atoms with Gasteiger partial charge in [-0.1, -0.05) is 18.2 Å². The molecule has 2 rings (SSSR count). The van der Waals surface area contributed by atoms with Crippen molar-refractivity contribution in [3.8, 4) is 5.75 Å². The largest absolute Gasteiger partial charge is 0.493 e. The second-order valence-electron chi connectivity index (χ2n) is 3.47. The van der Waals surface area contributed by atoms with E-state index in [1.54, 1.807) is 6.08 Å². The zero-order chi connectivity index (χ0) is 13.0. The molecule has 0 fully saturated rings. The number of para-hydroxylation sites is 1. The standard InChI is InChI=1S/C13H13NO2S2/c1-3-16-11-7-5-4-6-9(11)8-10-12(15)18-13(14-10)17-2/h4-8H,3H2,1-2H3. The van der Waals surface area contributed by atoms with Gasteiger partial charge in [-0.3, -0.25) is 4.79 Å². The molecule has 1 aromatic rings. The molecule has 0 spiro atoms. The van der Waals surface area contributed by atoms with Gasteiger partial charge in [-0.2, -0.15) is 0 Å². The highest BCUT2D eigenvalue weighted by Gasteiger charge is 2.21. The van der Waals surface area contributed by atoms with Crippen molar-refractivity contribution in [2.24, 2.45) is 4.99 Å². The molecule has 0 unspecified atom stereocenters. The molecule has 1 aromatic carbocycles. The second kappa shape index (κ2) is 6.11. The second-order valence-corrected chi connectivity index (χ2v) is 5.49. The van der Waals surface area contributed by atoms with Gasteiger partial charge >= 0.3 is 0 Å². The molecule has 0 radical (unpaired) electrons. The van der Waals surface area contributed by atoms with Crippen molar-refractivity contribution < 1.29 is 9.53 Å². The Hall–Kier alpha value is -1.20. The number of nitrogens with zero attached hydrogens (tertiary/aromatic N) is 1. The Labute approximate surface area is 115 Å². The maximum absolute atomic E-state index is 11.7. The summed E-state index contributed by atoms with van der Waals surface area (Å²) in [4.78, 5) is 16.0. The first-order valence-electron chi connectivity index (χ1n) is 5.53. The van der Waals surface area contributed by atoms with Crippen molar-refractivity contribution in [3.05, 3.63) is 35.5 Å². The molecular formula is C13H13NO2S2. The quantitative estimate of drug-likeness (QED) is 0.795.